The molecule has 0 amide bonds. The Labute approximate surface area is 128 Å². The van der Waals surface area contributed by atoms with Crippen LogP contribution in [0, 0.1) is 0 Å². The monoisotopic (exact) mass is 288 g/mol. The van der Waals surface area contributed by atoms with Crippen LogP contribution in [-0.4, -0.2) is 36.7 Å². The molecule has 0 spiro atoms. The van der Waals surface area contributed by atoms with Crippen molar-refractivity contribution in [1.82, 2.24) is 10.2 Å². The van der Waals surface area contributed by atoms with E-state index in [4.69, 9.17) is 4.74 Å². The Balaban J connectivity index is 1.64. The highest BCUT2D eigenvalue weighted by molar-refractivity contribution is 5.23. The topological polar surface area (TPSA) is 24.5 Å². The number of benzene rings is 1. The van der Waals surface area contributed by atoms with Crippen molar-refractivity contribution in [2.75, 3.05) is 19.7 Å². The molecule has 1 aromatic rings. The molecule has 1 saturated heterocycles. The van der Waals surface area contributed by atoms with Crippen LogP contribution in [0.25, 0.3) is 0 Å². The molecule has 1 heterocycles. The number of fused-ring (bicyclic) bond motifs is 1. The Bertz CT molecular complexity index is 447. The fourth-order valence-corrected chi connectivity index (χ4v) is 3.71. The summed E-state index contributed by atoms with van der Waals surface area (Å²) in [6.07, 6.45) is 5.75. The van der Waals surface area contributed by atoms with Gasteiger partial charge >= 0.3 is 0 Å². The number of rotatable bonds is 5. The highest BCUT2D eigenvalue weighted by Crippen LogP contribution is 2.29. The molecule has 3 rings (SSSR count). The molecular formula is C18H28N2O. The lowest BCUT2D eigenvalue weighted by Gasteiger charge is -2.44. The number of nitrogens with one attached hydrogen (secondary N) is 1. The SMILES string of the molecule is CCNCc1cccc(CN2CCOC3CCCCC32)c1. The zero-order valence-electron chi connectivity index (χ0n) is 13.2. The molecule has 2 fully saturated rings. The van der Waals surface area contributed by atoms with Crippen molar-refractivity contribution in [1.29, 1.82) is 0 Å². The van der Waals surface area contributed by atoms with Crippen molar-refractivity contribution < 1.29 is 4.74 Å². The van der Waals surface area contributed by atoms with Gasteiger partial charge in [0.15, 0.2) is 0 Å². The van der Waals surface area contributed by atoms with E-state index in [9.17, 15) is 0 Å². The summed E-state index contributed by atoms with van der Waals surface area (Å²) in [6, 6.07) is 9.68. The standard InChI is InChI=1S/C18H28N2O/c1-2-19-13-15-6-5-7-16(12-15)14-20-10-11-21-18-9-4-3-8-17(18)20/h5-7,12,17-19H,2-4,8-11,13-14H2,1H3. The van der Waals surface area contributed by atoms with E-state index < -0.39 is 0 Å². The summed E-state index contributed by atoms with van der Waals surface area (Å²) in [6.45, 7) is 7.21. The third-order valence-corrected chi connectivity index (χ3v) is 4.80. The molecule has 116 valence electrons. The molecule has 3 nitrogen and oxygen atoms in total. The largest absolute Gasteiger partial charge is 0.375 e. The predicted octanol–water partition coefficient (Wildman–Crippen LogP) is 2.94. The first-order valence-electron chi connectivity index (χ1n) is 8.51. The van der Waals surface area contributed by atoms with Crippen molar-refractivity contribution in [2.24, 2.45) is 0 Å². The van der Waals surface area contributed by atoms with Crippen LogP contribution in [0.3, 0.4) is 0 Å². The minimum absolute atomic E-state index is 0.484. The van der Waals surface area contributed by atoms with E-state index in [1.165, 1.54) is 36.8 Å². The summed E-state index contributed by atoms with van der Waals surface area (Å²) in [7, 11) is 0. The molecule has 1 aromatic carbocycles. The van der Waals surface area contributed by atoms with E-state index in [2.05, 4.69) is 41.4 Å². The Morgan fingerprint density at radius 1 is 1.24 bits per heavy atom. The average Bonchev–Trinajstić information content (AvgIpc) is 2.54. The molecule has 21 heavy (non-hydrogen) atoms. The second-order valence-corrected chi connectivity index (χ2v) is 6.33. The summed E-state index contributed by atoms with van der Waals surface area (Å²) in [5, 5.41) is 3.41. The van der Waals surface area contributed by atoms with Gasteiger partial charge in [-0.2, -0.15) is 0 Å². The van der Waals surface area contributed by atoms with Crippen molar-refractivity contribution in [2.45, 2.75) is 57.8 Å². The van der Waals surface area contributed by atoms with Gasteiger partial charge in [-0.1, -0.05) is 44.0 Å². The van der Waals surface area contributed by atoms with Gasteiger partial charge in [0.05, 0.1) is 12.7 Å². The molecule has 1 saturated carbocycles. The zero-order chi connectivity index (χ0) is 14.5. The van der Waals surface area contributed by atoms with Crippen LogP contribution < -0.4 is 5.32 Å². The fourth-order valence-electron chi connectivity index (χ4n) is 3.71. The van der Waals surface area contributed by atoms with E-state index in [1.807, 2.05) is 0 Å². The van der Waals surface area contributed by atoms with Crippen molar-refractivity contribution in [3.8, 4) is 0 Å². The van der Waals surface area contributed by atoms with Crippen molar-refractivity contribution in [3.63, 3.8) is 0 Å². The maximum Gasteiger partial charge on any atom is 0.0731 e. The van der Waals surface area contributed by atoms with E-state index in [0.29, 0.717) is 12.1 Å². The normalized spacial score (nSPS) is 26.5. The molecular weight excluding hydrogens is 260 g/mol. The smallest absolute Gasteiger partial charge is 0.0731 e. The van der Waals surface area contributed by atoms with Gasteiger partial charge in [-0.25, -0.2) is 0 Å². The highest BCUT2D eigenvalue weighted by Gasteiger charge is 2.33. The molecule has 1 N–H and O–H groups in total. The summed E-state index contributed by atoms with van der Waals surface area (Å²) in [4.78, 5) is 2.65. The summed E-state index contributed by atoms with van der Waals surface area (Å²) in [5.74, 6) is 0. The molecule has 1 aliphatic carbocycles. The van der Waals surface area contributed by atoms with E-state index in [0.717, 1.165) is 32.8 Å². The van der Waals surface area contributed by atoms with Gasteiger partial charge in [0.2, 0.25) is 0 Å². The molecule has 0 bridgehead atoms. The minimum atomic E-state index is 0.484. The number of hydrogen-bond acceptors (Lipinski definition) is 3. The second-order valence-electron chi connectivity index (χ2n) is 6.33. The van der Waals surface area contributed by atoms with Gasteiger partial charge in [-0.15, -0.1) is 0 Å². The van der Waals surface area contributed by atoms with Crippen LogP contribution in [0.5, 0.6) is 0 Å². The lowest BCUT2D eigenvalue weighted by Crippen LogP contribution is -2.52. The van der Waals surface area contributed by atoms with Gasteiger partial charge in [0.1, 0.15) is 0 Å². The van der Waals surface area contributed by atoms with Crippen LogP contribution in [-0.2, 0) is 17.8 Å². The molecule has 1 aliphatic heterocycles. The van der Waals surface area contributed by atoms with Crippen LogP contribution in [0.15, 0.2) is 24.3 Å². The third-order valence-electron chi connectivity index (χ3n) is 4.80. The minimum Gasteiger partial charge on any atom is -0.375 e. The van der Waals surface area contributed by atoms with Crippen LogP contribution in [0.2, 0.25) is 0 Å². The number of morpholine rings is 1. The van der Waals surface area contributed by atoms with Crippen LogP contribution in [0.1, 0.15) is 43.7 Å². The molecule has 3 heteroatoms. The van der Waals surface area contributed by atoms with Gasteiger partial charge in [-0.3, -0.25) is 4.90 Å². The van der Waals surface area contributed by atoms with Gasteiger partial charge in [0.25, 0.3) is 0 Å². The molecule has 0 aromatic heterocycles. The fraction of sp³-hybridized carbons (Fsp3) is 0.667. The quantitative estimate of drug-likeness (QED) is 0.901. The first kappa shape index (κ1) is 15.0. The van der Waals surface area contributed by atoms with Gasteiger partial charge < -0.3 is 10.1 Å². The first-order chi connectivity index (χ1) is 10.4. The Kier molecular flexibility index (Phi) is 5.28. The van der Waals surface area contributed by atoms with Crippen LogP contribution in [0.4, 0.5) is 0 Å². The number of nitrogens with zero attached hydrogens (tertiary/aromatic N) is 1. The molecule has 2 unspecified atom stereocenters. The summed E-state index contributed by atoms with van der Waals surface area (Å²) in [5.41, 5.74) is 2.83. The third kappa shape index (κ3) is 3.85. The highest BCUT2D eigenvalue weighted by atomic mass is 16.5. The lowest BCUT2D eigenvalue weighted by atomic mass is 9.90. The van der Waals surface area contributed by atoms with Crippen molar-refractivity contribution >= 4 is 0 Å². The Morgan fingerprint density at radius 3 is 3.00 bits per heavy atom. The molecule has 2 atom stereocenters. The maximum atomic E-state index is 5.97. The molecule has 2 aliphatic rings. The summed E-state index contributed by atoms with van der Waals surface area (Å²) < 4.78 is 5.97. The van der Waals surface area contributed by atoms with Gasteiger partial charge in [0, 0.05) is 25.7 Å². The Morgan fingerprint density at radius 2 is 2.10 bits per heavy atom. The maximum absolute atomic E-state index is 5.97. The van der Waals surface area contributed by atoms with E-state index >= 15 is 0 Å². The zero-order valence-corrected chi connectivity index (χ0v) is 13.2. The number of ether oxygens (including phenoxy) is 1. The van der Waals surface area contributed by atoms with Crippen LogP contribution >= 0.6 is 0 Å². The summed E-state index contributed by atoms with van der Waals surface area (Å²) >= 11 is 0. The van der Waals surface area contributed by atoms with E-state index in [1.54, 1.807) is 0 Å². The predicted molar refractivity (Wildman–Crippen MR) is 86.2 cm³/mol. The average molecular weight is 288 g/mol. The Hall–Kier alpha value is -0.900. The lowest BCUT2D eigenvalue weighted by molar-refractivity contribution is -0.0911. The number of hydrogen-bond donors (Lipinski definition) is 1. The van der Waals surface area contributed by atoms with Crippen molar-refractivity contribution in [3.05, 3.63) is 35.4 Å². The van der Waals surface area contributed by atoms with Gasteiger partial charge in [-0.05, 0) is 30.5 Å². The molecule has 0 radical (unpaired) electrons. The first-order valence-corrected chi connectivity index (χ1v) is 8.51. The second kappa shape index (κ2) is 7.39. The van der Waals surface area contributed by atoms with E-state index in [-0.39, 0.29) is 0 Å².